The van der Waals surface area contributed by atoms with Gasteiger partial charge in [-0.15, -0.1) is 0 Å². The molecular weight excluding hydrogens is 335 g/mol. The molecule has 1 saturated carbocycles. The topological polar surface area (TPSA) is 66.4 Å². The lowest BCUT2D eigenvalue weighted by atomic mass is 9.92. The maximum Gasteiger partial charge on any atom is 0.416 e. The van der Waals surface area contributed by atoms with Crippen LogP contribution in [0.3, 0.4) is 0 Å². The van der Waals surface area contributed by atoms with Gasteiger partial charge in [-0.3, -0.25) is 4.79 Å². The molecule has 0 bridgehead atoms. The highest BCUT2D eigenvalue weighted by Gasteiger charge is 2.53. The third-order valence-corrected chi connectivity index (χ3v) is 4.34. The molecular formula is C15H15ClF3NO3. The maximum absolute atomic E-state index is 12.9. The van der Waals surface area contributed by atoms with Gasteiger partial charge >= 0.3 is 12.1 Å². The normalized spacial score (nSPS) is 17.4. The molecule has 2 N–H and O–H groups in total. The number of carbonyl (C=O) groups is 2. The number of hydrogen-bond donors (Lipinski definition) is 2. The number of alkyl halides is 3. The Balaban J connectivity index is 2.33. The van der Waals surface area contributed by atoms with Crippen LogP contribution in [-0.2, 0) is 21.2 Å². The predicted octanol–water partition coefficient (Wildman–Crippen LogP) is 3.37. The van der Waals surface area contributed by atoms with E-state index in [4.69, 9.17) is 16.7 Å². The summed E-state index contributed by atoms with van der Waals surface area (Å²) in [6.45, 7) is 1.59. The van der Waals surface area contributed by atoms with Gasteiger partial charge in [-0.2, -0.15) is 13.2 Å². The molecule has 1 aromatic rings. The van der Waals surface area contributed by atoms with Crippen LogP contribution in [0.4, 0.5) is 13.2 Å². The Kier molecular flexibility index (Phi) is 4.61. The number of rotatable bonds is 5. The van der Waals surface area contributed by atoms with Gasteiger partial charge in [0.2, 0.25) is 5.91 Å². The minimum atomic E-state index is -4.54. The molecule has 4 nitrogen and oxygen atoms in total. The Hall–Kier alpha value is -1.76. The maximum atomic E-state index is 12.9. The highest BCUT2D eigenvalue weighted by Crippen LogP contribution is 2.51. The molecule has 23 heavy (non-hydrogen) atoms. The first-order valence-corrected chi connectivity index (χ1v) is 7.40. The minimum Gasteiger partial charge on any atom is -0.480 e. The molecule has 1 aliphatic carbocycles. The van der Waals surface area contributed by atoms with E-state index in [1.165, 1.54) is 0 Å². The number of nitrogens with one attached hydrogen (secondary N) is 1. The highest BCUT2D eigenvalue weighted by molar-refractivity contribution is 6.32. The fourth-order valence-electron chi connectivity index (χ4n) is 2.45. The quantitative estimate of drug-likeness (QED) is 0.856. The summed E-state index contributed by atoms with van der Waals surface area (Å²) in [5, 5.41) is 11.4. The van der Waals surface area contributed by atoms with Gasteiger partial charge in [-0.1, -0.05) is 18.5 Å². The zero-order valence-corrected chi connectivity index (χ0v) is 13.0. The number of carboxylic acids is 1. The molecule has 1 fully saturated rings. The van der Waals surface area contributed by atoms with Crippen LogP contribution in [0.1, 0.15) is 37.3 Å². The van der Waals surface area contributed by atoms with Crippen molar-refractivity contribution in [3.05, 3.63) is 34.3 Å². The highest BCUT2D eigenvalue weighted by atomic mass is 35.5. The van der Waals surface area contributed by atoms with Crippen molar-refractivity contribution >= 4 is 23.5 Å². The third-order valence-electron chi connectivity index (χ3n) is 4.01. The van der Waals surface area contributed by atoms with Crippen LogP contribution >= 0.6 is 11.6 Å². The van der Waals surface area contributed by atoms with E-state index in [1.807, 2.05) is 0 Å². The van der Waals surface area contributed by atoms with Crippen molar-refractivity contribution in [2.24, 2.45) is 0 Å². The molecule has 0 aromatic heterocycles. The summed E-state index contributed by atoms with van der Waals surface area (Å²) in [6, 6.07) is 1.76. The van der Waals surface area contributed by atoms with Gasteiger partial charge in [0.15, 0.2) is 0 Å². The van der Waals surface area contributed by atoms with E-state index < -0.39 is 35.1 Å². The molecule has 0 spiro atoms. The Morgan fingerprint density at radius 2 is 2.00 bits per heavy atom. The van der Waals surface area contributed by atoms with E-state index in [0.717, 1.165) is 18.2 Å². The van der Waals surface area contributed by atoms with Gasteiger partial charge in [0.05, 0.1) is 11.0 Å². The second-order valence-electron chi connectivity index (χ2n) is 5.55. The standard InChI is InChI=1S/C15H15ClF3NO3/c1-2-11(12(21)22)20-13(23)14(5-6-14)9-7-8(15(17,18)19)3-4-10(9)16/h3-4,7,11H,2,5-6H2,1H3,(H,20,23)(H,21,22). The molecule has 0 radical (unpaired) electrons. The van der Waals surface area contributed by atoms with E-state index in [9.17, 15) is 22.8 Å². The van der Waals surface area contributed by atoms with E-state index >= 15 is 0 Å². The summed E-state index contributed by atoms with van der Waals surface area (Å²) in [5.74, 6) is -1.79. The number of amides is 1. The molecule has 0 heterocycles. The number of carbonyl (C=O) groups excluding carboxylic acids is 1. The second-order valence-corrected chi connectivity index (χ2v) is 5.95. The number of carboxylic acid groups (broad SMARTS) is 1. The summed E-state index contributed by atoms with van der Waals surface area (Å²) in [4.78, 5) is 23.4. The van der Waals surface area contributed by atoms with Crippen LogP contribution in [0.25, 0.3) is 0 Å². The largest absolute Gasteiger partial charge is 0.480 e. The van der Waals surface area contributed by atoms with Gasteiger partial charge < -0.3 is 10.4 Å². The monoisotopic (exact) mass is 349 g/mol. The number of hydrogen-bond acceptors (Lipinski definition) is 2. The SMILES string of the molecule is CCC(NC(=O)C1(c2cc(C(F)(F)F)ccc2Cl)CC1)C(=O)O. The number of aliphatic carboxylic acids is 1. The zero-order valence-electron chi connectivity index (χ0n) is 12.2. The molecule has 0 aliphatic heterocycles. The lowest BCUT2D eigenvalue weighted by molar-refractivity contribution is -0.142. The first-order chi connectivity index (χ1) is 10.6. The first kappa shape index (κ1) is 17.6. The lowest BCUT2D eigenvalue weighted by Crippen LogP contribution is -2.45. The van der Waals surface area contributed by atoms with Crippen molar-refractivity contribution in [2.45, 2.75) is 43.8 Å². The summed E-state index contributed by atoms with van der Waals surface area (Å²) in [7, 11) is 0. The average molecular weight is 350 g/mol. The lowest BCUT2D eigenvalue weighted by Gasteiger charge is -2.21. The van der Waals surface area contributed by atoms with Crippen molar-refractivity contribution in [3.63, 3.8) is 0 Å². The summed E-state index contributed by atoms with van der Waals surface area (Å²) < 4.78 is 38.6. The van der Waals surface area contributed by atoms with Crippen molar-refractivity contribution in [1.82, 2.24) is 5.32 Å². The van der Waals surface area contributed by atoms with Crippen LogP contribution in [0.5, 0.6) is 0 Å². The van der Waals surface area contributed by atoms with E-state index in [-0.39, 0.29) is 17.0 Å². The Morgan fingerprint density at radius 1 is 1.39 bits per heavy atom. The number of benzene rings is 1. The van der Waals surface area contributed by atoms with Crippen molar-refractivity contribution in [2.75, 3.05) is 0 Å². The molecule has 8 heteroatoms. The molecule has 1 amide bonds. The van der Waals surface area contributed by atoms with E-state index in [1.54, 1.807) is 6.92 Å². The van der Waals surface area contributed by atoms with Gasteiger partial charge in [0.1, 0.15) is 6.04 Å². The summed E-state index contributed by atoms with van der Waals surface area (Å²) in [6.07, 6.45) is -3.71. The minimum absolute atomic E-state index is 0.0639. The van der Waals surface area contributed by atoms with E-state index in [0.29, 0.717) is 12.8 Å². The third kappa shape index (κ3) is 3.44. The van der Waals surface area contributed by atoms with Crippen molar-refractivity contribution < 1.29 is 27.9 Å². The predicted molar refractivity (Wildman–Crippen MR) is 77.2 cm³/mol. The second kappa shape index (κ2) is 6.03. The first-order valence-electron chi connectivity index (χ1n) is 7.03. The summed E-state index contributed by atoms with van der Waals surface area (Å²) >= 11 is 5.98. The van der Waals surface area contributed by atoms with Gasteiger partial charge in [-0.05, 0) is 43.0 Å². The van der Waals surface area contributed by atoms with Gasteiger partial charge in [0.25, 0.3) is 0 Å². The van der Waals surface area contributed by atoms with Crippen molar-refractivity contribution in [1.29, 1.82) is 0 Å². The summed E-state index contributed by atoms with van der Waals surface area (Å²) in [5.41, 5.74) is -1.98. The molecule has 2 rings (SSSR count). The Morgan fingerprint density at radius 3 is 2.43 bits per heavy atom. The van der Waals surface area contributed by atoms with Crippen LogP contribution in [0, 0.1) is 0 Å². The van der Waals surface area contributed by atoms with Crippen LogP contribution in [0.15, 0.2) is 18.2 Å². The zero-order chi connectivity index (χ0) is 17.4. The van der Waals surface area contributed by atoms with E-state index in [2.05, 4.69) is 5.32 Å². The molecule has 1 aromatic carbocycles. The van der Waals surface area contributed by atoms with Crippen LogP contribution in [0.2, 0.25) is 5.02 Å². The molecule has 126 valence electrons. The van der Waals surface area contributed by atoms with Crippen LogP contribution in [-0.4, -0.2) is 23.0 Å². The number of halogens is 4. The fraction of sp³-hybridized carbons (Fsp3) is 0.467. The fourth-order valence-corrected chi connectivity index (χ4v) is 2.75. The van der Waals surface area contributed by atoms with Crippen molar-refractivity contribution in [3.8, 4) is 0 Å². The molecule has 1 aliphatic rings. The van der Waals surface area contributed by atoms with Gasteiger partial charge in [0, 0.05) is 5.02 Å². The smallest absolute Gasteiger partial charge is 0.416 e. The van der Waals surface area contributed by atoms with Crippen LogP contribution < -0.4 is 5.32 Å². The molecule has 0 saturated heterocycles. The van der Waals surface area contributed by atoms with Gasteiger partial charge in [-0.25, -0.2) is 4.79 Å². The molecule has 1 atom stereocenters. The average Bonchev–Trinajstić information content (AvgIpc) is 3.24. The Bertz CT molecular complexity index is 641. The molecule has 1 unspecified atom stereocenters. The Labute approximate surface area is 135 Å².